The number of benzene rings is 2. The lowest BCUT2D eigenvalue weighted by Crippen LogP contribution is -2.40. The Hall–Kier alpha value is -2.43. The molecule has 1 atom stereocenters. The van der Waals surface area contributed by atoms with Crippen molar-refractivity contribution in [3.63, 3.8) is 0 Å². The second-order valence-corrected chi connectivity index (χ2v) is 10.4. The van der Waals surface area contributed by atoms with Crippen LogP contribution < -0.4 is 20.5 Å². The van der Waals surface area contributed by atoms with Crippen LogP contribution in [0.4, 0.5) is 0 Å². The molecular formula is C24H17I2N3O3S. The van der Waals surface area contributed by atoms with Crippen molar-refractivity contribution >= 4 is 80.0 Å². The van der Waals surface area contributed by atoms with Gasteiger partial charge in [-0.2, -0.15) is 5.26 Å². The zero-order valence-electron chi connectivity index (χ0n) is 17.3. The van der Waals surface area contributed by atoms with Gasteiger partial charge in [-0.25, -0.2) is 4.79 Å². The van der Waals surface area contributed by atoms with E-state index in [2.05, 4.69) is 51.3 Å². The van der Waals surface area contributed by atoms with Crippen molar-refractivity contribution in [1.29, 1.82) is 5.26 Å². The number of nitrogens with zero attached hydrogens (tertiary/aromatic N) is 2. The Morgan fingerprint density at radius 2 is 1.88 bits per heavy atom. The monoisotopic (exact) mass is 681 g/mol. The maximum absolute atomic E-state index is 13.4. The zero-order chi connectivity index (χ0) is 23.7. The number of carbonyl (C=O) groups excluding carboxylic acids is 1. The Kier molecular flexibility index (Phi) is 7.06. The standard InChI is InChI=1S/C24H17I2N3O3S/c1-2-32-24(31)20-19(14-8-4-6-10-17(14)26)15(12-27)21(28)29-22(30)18(33-23(20)29)11-13-7-3-5-9-16(13)25/h3-11,19H,2,28H2,1H3/b18-11+/t19-/m0/s1. The third-order valence-corrected chi connectivity index (χ3v) is 8.25. The second-order valence-electron chi connectivity index (χ2n) is 7.08. The summed E-state index contributed by atoms with van der Waals surface area (Å²) in [5.41, 5.74) is 8.06. The van der Waals surface area contributed by atoms with Crippen molar-refractivity contribution in [2.45, 2.75) is 12.8 Å². The fourth-order valence-electron chi connectivity index (χ4n) is 3.71. The van der Waals surface area contributed by atoms with Crippen LogP contribution in [0, 0.1) is 18.5 Å². The van der Waals surface area contributed by atoms with E-state index in [4.69, 9.17) is 10.5 Å². The predicted octanol–water partition coefficient (Wildman–Crippen LogP) is 3.11. The smallest absolute Gasteiger partial charge is 0.338 e. The van der Waals surface area contributed by atoms with E-state index >= 15 is 0 Å². The molecule has 2 heterocycles. The van der Waals surface area contributed by atoms with Gasteiger partial charge in [0, 0.05) is 7.14 Å². The van der Waals surface area contributed by atoms with Gasteiger partial charge in [0.05, 0.1) is 34.3 Å². The van der Waals surface area contributed by atoms with E-state index in [0.29, 0.717) is 9.20 Å². The molecular weight excluding hydrogens is 664 g/mol. The average Bonchev–Trinajstić information content (AvgIpc) is 3.11. The first-order valence-corrected chi connectivity index (χ1v) is 12.9. The van der Waals surface area contributed by atoms with Crippen LogP contribution in [0.3, 0.4) is 0 Å². The summed E-state index contributed by atoms with van der Waals surface area (Å²) in [6.45, 7) is 1.88. The van der Waals surface area contributed by atoms with Gasteiger partial charge in [-0.1, -0.05) is 36.4 Å². The lowest BCUT2D eigenvalue weighted by atomic mass is 9.84. The molecule has 0 aliphatic carbocycles. The number of esters is 1. The molecule has 0 bridgehead atoms. The maximum atomic E-state index is 13.4. The van der Waals surface area contributed by atoms with Gasteiger partial charge in [0.25, 0.3) is 5.56 Å². The van der Waals surface area contributed by atoms with Crippen LogP contribution in [0.5, 0.6) is 0 Å². The first-order valence-electron chi connectivity index (χ1n) is 9.93. The molecule has 166 valence electrons. The van der Waals surface area contributed by atoms with E-state index in [9.17, 15) is 14.9 Å². The van der Waals surface area contributed by atoms with Gasteiger partial charge in [-0.05, 0) is 81.4 Å². The number of hydrogen-bond acceptors (Lipinski definition) is 6. The minimum atomic E-state index is -0.732. The molecule has 0 radical (unpaired) electrons. The molecule has 1 aliphatic rings. The van der Waals surface area contributed by atoms with Gasteiger partial charge in [0.15, 0.2) is 0 Å². The number of aromatic nitrogens is 1. The van der Waals surface area contributed by atoms with Crippen molar-refractivity contribution in [2.24, 2.45) is 5.73 Å². The van der Waals surface area contributed by atoms with Gasteiger partial charge in [0.1, 0.15) is 10.5 Å². The second kappa shape index (κ2) is 9.82. The topological polar surface area (TPSA) is 98.1 Å². The fourth-order valence-corrected chi connectivity index (χ4v) is 6.11. The quantitative estimate of drug-likeness (QED) is 0.338. The fraction of sp³-hybridized carbons (Fsp3) is 0.125. The van der Waals surface area contributed by atoms with E-state index in [-0.39, 0.29) is 29.1 Å². The number of rotatable bonds is 4. The number of allylic oxidation sites excluding steroid dienone is 1. The van der Waals surface area contributed by atoms with Crippen LogP contribution in [0.2, 0.25) is 0 Å². The number of fused-ring (bicyclic) bond motifs is 1. The highest BCUT2D eigenvalue weighted by Gasteiger charge is 2.37. The van der Waals surface area contributed by atoms with Crippen LogP contribution >= 0.6 is 56.5 Å². The third-order valence-electron chi connectivity index (χ3n) is 5.17. The van der Waals surface area contributed by atoms with E-state index < -0.39 is 11.9 Å². The number of hydrogen-bond donors (Lipinski definition) is 1. The summed E-state index contributed by atoms with van der Waals surface area (Å²) in [4.78, 5) is 26.6. The van der Waals surface area contributed by atoms with Gasteiger partial charge in [0.2, 0.25) is 0 Å². The molecule has 0 fully saturated rings. The first kappa shape index (κ1) is 23.7. The molecule has 0 saturated carbocycles. The molecule has 3 aromatic rings. The highest BCUT2D eigenvalue weighted by atomic mass is 127. The zero-order valence-corrected chi connectivity index (χ0v) is 22.5. The molecule has 0 spiro atoms. The lowest BCUT2D eigenvalue weighted by molar-refractivity contribution is -0.136. The first-order chi connectivity index (χ1) is 15.9. The van der Waals surface area contributed by atoms with Gasteiger partial charge in [-0.3, -0.25) is 9.36 Å². The number of carbonyl (C=O) groups is 1. The normalized spacial score (nSPS) is 15.9. The predicted molar refractivity (Wildman–Crippen MR) is 146 cm³/mol. The minimum absolute atomic E-state index is 0.0360. The van der Waals surface area contributed by atoms with Crippen LogP contribution in [0.25, 0.3) is 17.5 Å². The minimum Gasteiger partial charge on any atom is -0.463 e. The van der Waals surface area contributed by atoms with E-state index in [1.54, 1.807) is 13.0 Å². The summed E-state index contributed by atoms with van der Waals surface area (Å²) >= 11 is 5.55. The molecule has 33 heavy (non-hydrogen) atoms. The maximum Gasteiger partial charge on any atom is 0.338 e. The molecule has 1 aliphatic heterocycles. The number of nitrogens with two attached hydrogens (primary N) is 1. The summed E-state index contributed by atoms with van der Waals surface area (Å²) < 4.78 is 9.30. The summed E-state index contributed by atoms with van der Waals surface area (Å²) in [6, 6.07) is 17.3. The molecule has 2 N–H and O–H groups in total. The lowest BCUT2D eigenvalue weighted by Gasteiger charge is -2.25. The number of nitriles is 1. The average molecular weight is 681 g/mol. The van der Waals surface area contributed by atoms with Crippen molar-refractivity contribution in [3.05, 3.63) is 91.9 Å². The number of ether oxygens (including phenoxy) is 1. The Bertz CT molecular complexity index is 1530. The van der Waals surface area contributed by atoms with Gasteiger partial charge >= 0.3 is 5.97 Å². The molecule has 4 rings (SSSR count). The summed E-state index contributed by atoms with van der Waals surface area (Å²) in [6.07, 6.45) is 1.78. The number of halogens is 2. The van der Waals surface area contributed by atoms with E-state index in [0.717, 1.165) is 18.3 Å². The van der Waals surface area contributed by atoms with Gasteiger partial charge < -0.3 is 10.5 Å². The van der Waals surface area contributed by atoms with Crippen LogP contribution in [0.1, 0.15) is 24.0 Å². The molecule has 9 heteroatoms. The van der Waals surface area contributed by atoms with E-state index in [1.165, 1.54) is 15.9 Å². The highest BCUT2D eigenvalue weighted by molar-refractivity contribution is 14.1. The molecule has 6 nitrogen and oxygen atoms in total. The Morgan fingerprint density at radius 1 is 1.21 bits per heavy atom. The largest absolute Gasteiger partial charge is 0.463 e. The van der Waals surface area contributed by atoms with Crippen molar-refractivity contribution in [3.8, 4) is 6.07 Å². The summed E-state index contributed by atoms with van der Waals surface area (Å²) in [5.74, 6) is -1.27. The van der Waals surface area contributed by atoms with Crippen molar-refractivity contribution in [1.82, 2.24) is 4.57 Å². The van der Waals surface area contributed by atoms with Crippen LogP contribution in [0.15, 0.2) is 58.9 Å². The Labute approximate surface area is 221 Å². The molecule has 1 aromatic heterocycles. The third kappa shape index (κ3) is 4.27. The Balaban J connectivity index is 2.14. The number of thiazole rings is 1. The summed E-state index contributed by atoms with van der Waals surface area (Å²) in [7, 11) is 0. The van der Waals surface area contributed by atoms with Crippen molar-refractivity contribution in [2.75, 3.05) is 6.61 Å². The summed E-state index contributed by atoms with van der Waals surface area (Å²) in [5, 5.41) is 10.0. The Morgan fingerprint density at radius 3 is 2.52 bits per heavy atom. The molecule has 2 aromatic carbocycles. The highest BCUT2D eigenvalue weighted by Crippen LogP contribution is 2.38. The van der Waals surface area contributed by atoms with Crippen LogP contribution in [-0.2, 0) is 9.53 Å². The SMILES string of the molecule is CCOC(=O)C1=c2s/c(=C/c3ccccc3I)c(=O)n2C(N)=C(C#N)[C@@H]1c1ccccc1I. The molecule has 0 saturated heterocycles. The van der Waals surface area contributed by atoms with Crippen molar-refractivity contribution < 1.29 is 9.53 Å². The molecule has 0 unspecified atom stereocenters. The van der Waals surface area contributed by atoms with Gasteiger partial charge in [-0.15, -0.1) is 11.3 Å². The van der Waals surface area contributed by atoms with E-state index in [1.807, 2.05) is 48.5 Å². The van der Waals surface area contributed by atoms with Crippen LogP contribution in [-0.4, -0.2) is 17.1 Å². The molecule has 0 amide bonds.